The number of hydrogen-bond donors (Lipinski definition) is 0. The van der Waals surface area contributed by atoms with Crippen LogP contribution in [-0.4, -0.2) is 31.2 Å². The first-order chi connectivity index (χ1) is 8.37. The molecule has 1 aromatic rings. The standard InChI is InChI=1S/C11H15BrClNO2S2/c1-7-3-4-14(9(7)6-13)18(15,16)10-5-8(2)11(12)17-10/h5,7,9H,3-4,6H2,1-2H3. The van der Waals surface area contributed by atoms with Crippen LogP contribution in [0.15, 0.2) is 14.1 Å². The first-order valence-corrected chi connectivity index (χ1v) is 9.30. The van der Waals surface area contributed by atoms with Crippen molar-refractivity contribution in [2.45, 2.75) is 30.5 Å². The molecular weight excluding hydrogens is 358 g/mol. The third-order valence-electron chi connectivity index (χ3n) is 3.39. The highest BCUT2D eigenvalue weighted by Gasteiger charge is 2.39. The molecule has 7 heteroatoms. The van der Waals surface area contributed by atoms with Crippen LogP contribution in [0, 0.1) is 12.8 Å². The van der Waals surface area contributed by atoms with Crippen LogP contribution in [0.25, 0.3) is 0 Å². The van der Waals surface area contributed by atoms with Crippen LogP contribution in [0.3, 0.4) is 0 Å². The molecule has 0 radical (unpaired) electrons. The molecule has 0 spiro atoms. The van der Waals surface area contributed by atoms with E-state index in [4.69, 9.17) is 11.6 Å². The van der Waals surface area contributed by atoms with E-state index in [1.807, 2.05) is 6.92 Å². The van der Waals surface area contributed by atoms with Crippen molar-refractivity contribution in [3.8, 4) is 0 Å². The van der Waals surface area contributed by atoms with Gasteiger partial charge in [-0.15, -0.1) is 22.9 Å². The van der Waals surface area contributed by atoms with Crippen molar-refractivity contribution in [2.75, 3.05) is 12.4 Å². The molecule has 0 bridgehead atoms. The lowest BCUT2D eigenvalue weighted by Gasteiger charge is -2.23. The summed E-state index contributed by atoms with van der Waals surface area (Å²) < 4.78 is 28.0. The Kier molecular flexibility index (Phi) is 4.44. The Morgan fingerprint density at radius 3 is 2.78 bits per heavy atom. The lowest BCUT2D eigenvalue weighted by molar-refractivity contribution is 0.376. The zero-order valence-electron chi connectivity index (χ0n) is 10.2. The fraction of sp³-hybridized carbons (Fsp3) is 0.636. The molecular formula is C11H15BrClNO2S2. The predicted octanol–water partition coefficient (Wildman–Crippen LogP) is 3.46. The van der Waals surface area contributed by atoms with Gasteiger partial charge in [0.25, 0.3) is 10.0 Å². The SMILES string of the molecule is Cc1cc(S(=O)(=O)N2CCC(C)C2CCl)sc1Br. The van der Waals surface area contributed by atoms with Gasteiger partial charge in [0.2, 0.25) is 0 Å². The van der Waals surface area contributed by atoms with Crippen molar-refractivity contribution in [1.29, 1.82) is 0 Å². The smallest absolute Gasteiger partial charge is 0.206 e. The summed E-state index contributed by atoms with van der Waals surface area (Å²) in [5.41, 5.74) is 0.952. The number of nitrogens with zero attached hydrogens (tertiary/aromatic N) is 1. The van der Waals surface area contributed by atoms with Gasteiger partial charge in [-0.3, -0.25) is 0 Å². The topological polar surface area (TPSA) is 37.4 Å². The number of aryl methyl sites for hydroxylation is 1. The van der Waals surface area contributed by atoms with Crippen molar-refractivity contribution >= 4 is 48.9 Å². The maximum Gasteiger partial charge on any atom is 0.252 e. The molecule has 0 aromatic carbocycles. The molecule has 102 valence electrons. The minimum atomic E-state index is -3.40. The molecule has 1 saturated heterocycles. The normalized spacial score (nSPS) is 25.8. The fourth-order valence-electron chi connectivity index (χ4n) is 2.17. The molecule has 2 atom stereocenters. The fourth-order valence-corrected chi connectivity index (χ4v) is 6.82. The van der Waals surface area contributed by atoms with Crippen LogP contribution >= 0.6 is 38.9 Å². The quantitative estimate of drug-likeness (QED) is 0.762. The number of thiophene rings is 1. The van der Waals surface area contributed by atoms with Crippen LogP contribution in [0.5, 0.6) is 0 Å². The van der Waals surface area contributed by atoms with E-state index in [9.17, 15) is 8.42 Å². The lowest BCUT2D eigenvalue weighted by atomic mass is 10.1. The third kappa shape index (κ3) is 2.50. The summed E-state index contributed by atoms with van der Waals surface area (Å²) in [7, 11) is -3.40. The minimum Gasteiger partial charge on any atom is -0.206 e. The van der Waals surface area contributed by atoms with Crippen LogP contribution in [0.4, 0.5) is 0 Å². The molecule has 0 aliphatic carbocycles. The number of halogens is 2. The number of sulfonamides is 1. The summed E-state index contributed by atoms with van der Waals surface area (Å²) in [4.78, 5) is 0. The van der Waals surface area contributed by atoms with E-state index >= 15 is 0 Å². The summed E-state index contributed by atoms with van der Waals surface area (Å²) in [5, 5.41) is 0. The molecule has 1 aliphatic heterocycles. The zero-order chi connectivity index (χ0) is 13.5. The van der Waals surface area contributed by atoms with E-state index in [0.29, 0.717) is 22.6 Å². The maximum atomic E-state index is 12.6. The highest BCUT2D eigenvalue weighted by atomic mass is 79.9. The molecule has 2 unspecified atom stereocenters. The van der Waals surface area contributed by atoms with Gasteiger partial charge in [-0.2, -0.15) is 4.31 Å². The van der Waals surface area contributed by atoms with E-state index in [1.54, 1.807) is 10.4 Å². The molecule has 2 heterocycles. The third-order valence-corrected chi connectivity index (χ3v) is 8.21. The van der Waals surface area contributed by atoms with E-state index in [1.165, 1.54) is 11.3 Å². The molecule has 1 aliphatic rings. The Morgan fingerprint density at radius 2 is 2.28 bits per heavy atom. The Labute approximate surface area is 125 Å². The summed E-state index contributed by atoms with van der Waals surface area (Å²) >= 11 is 10.6. The Hall–Kier alpha value is 0.380. The number of alkyl halides is 1. The Balaban J connectivity index is 2.37. The van der Waals surface area contributed by atoms with E-state index in [2.05, 4.69) is 22.9 Å². The van der Waals surface area contributed by atoms with Crippen molar-refractivity contribution < 1.29 is 8.42 Å². The first kappa shape index (κ1) is 14.8. The van der Waals surface area contributed by atoms with Crippen LogP contribution in [0.1, 0.15) is 18.9 Å². The highest BCUT2D eigenvalue weighted by Crippen LogP contribution is 2.36. The van der Waals surface area contributed by atoms with Gasteiger partial charge in [0, 0.05) is 18.5 Å². The van der Waals surface area contributed by atoms with Crippen molar-refractivity contribution in [2.24, 2.45) is 5.92 Å². The van der Waals surface area contributed by atoms with Gasteiger partial charge in [-0.25, -0.2) is 8.42 Å². The van der Waals surface area contributed by atoms with Gasteiger partial charge in [-0.05, 0) is 46.8 Å². The second-order valence-electron chi connectivity index (χ2n) is 4.63. The number of rotatable bonds is 3. The Morgan fingerprint density at radius 1 is 1.61 bits per heavy atom. The number of hydrogen-bond acceptors (Lipinski definition) is 3. The van der Waals surface area contributed by atoms with Crippen molar-refractivity contribution in [3.05, 3.63) is 15.4 Å². The summed E-state index contributed by atoms with van der Waals surface area (Å²) in [5.74, 6) is 0.674. The molecule has 18 heavy (non-hydrogen) atoms. The average molecular weight is 373 g/mol. The molecule has 0 saturated carbocycles. The monoisotopic (exact) mass is 371 g/mol. The molecule has 3 nitrogen and oxygen atoms in total. The highest BCUT2D eigenvalue weighted by molar-refractivity contribution is 9.11. The summed E-state index contributed by atoms with van der Waals surface area (Å²) in [6.07, 6.45) is 0.877. The predicted molar refractivity (Wildman–Crippen MR) is 78.9 cm³/mol. The second kappa shape index (κ2) is 5.40. The van der Waals surface area contributed by atoms with Gasteiger partial charge in [0.15, 0.2) is 0 Å². The molecule has 0 N–H and O–H groups in total. The second-order valence-corrected chi connectivity index (χ2v) is 9.42. The van der Waals surface area contributed by atoms with E-state index in [-0.39, 0.29) is 6.04 Å². The van der Waals surface area contributed by atoms with Gasteiger partial charge >= 0.3 is 0 Å². The van der Waals surface area contributed by atoms with Gasteiger partial charge in [0.1, 0.15) is 4.21 Å². The molecule has 0 amide bonds. The van der Waals surface area contributed by atoms with Gasteiger partial charge in [0.05, 0.1) is 3.79 Å². The molecule has 1 aromatic heterocycles. The van der Waals surface area contributed by atoms with Crippen LogP contribution < -0.4 is 0 Å². The zero-order valence-corrected chi connectivity index (χ0v) is 14.2. The lowest BCUT2D eigenvalue weighted by Crippen LogP contribution is -2.38. The summed E-state index contributed by atoms with van der Waals surface area (Å²) in [6.45, 7) is 4.51. The van der Waals surface area contributed by atoms with Crippen molar-refractivity contribution in [3.63, 3.8) is 0 Å². The first-order valence-electron chi connectivity index (χ1n) is 5.71. The van der Waals surface area contributed by atoms with Crippen LogP contribution in [-0.2, 0) is 10.0 Å². The molecule has 2 rings (SSSR count). The Bertz CT molecular complexity index is 524. The van der Waals surface area contributed by atoms with Crippen LogP contribution in [0.2, 0.25) is 0 Å². The van der Waals surface area contributed by atoms with E-state index in [0.717, 1.165) is 15.8 Å². The van der Waals surface area contributed by atoms with E-state index < -0.39 is 10.0 Å². The van der Waals surface area contributed by atoms with Crippen molar-refractivity contribution in [1.82, 2.24) is 4.31 Å². The average Bonchev–Trinajstić information content (AvgIpc) is 2.84. The summed E-state index contributed by atoms with van der Waals surface area (Å²) in [6, 6.07) is 1.64. The maximum absolute atomic E-state index is 12.6. The molecule has 1 fully saturated rings. The van der Waals surface area contributed by atoms with Gasteiger partial charge in [-0.1, -0.05) is 6.92 Å². The minimum absolute atomic E-state index is 0.0853. The largest absolute Gasteiger partial charge is 0.252 e. The van der Waals surface area contributed by atoms with Gasteiger partial charge < -0.3 is 0 Å².